The van der Waals surface area contributed by atoms with Crippen molar-refractivity contribution in [3.05, 3.63) is 11.6 Å². The number of hydrogen-bond donors (Lipinski definition) is 1. The van der Waals surface area contributed by atoms with Gasteiger partial charge >= 0.3 is 0 Å². The van der Waals surface area contributed by atoms with Crippen LogP contribution in [0.2, 0.25) is 0 Å². The number of hydrogen-bond acceptors (Lipinski definition) is 4. The molecule has 0 saturated heterocycles. The molecule has 1 heterocycles. The number of nitrogens with zero attached hydrogens (tertiary/aromatic N) is 1. The van der Waals surface area contributed by atoms with Crippen molar-refractivity contribution in [1.82, 2.24) is 10.3 Å². The van der Waals surface area contributed by atoms with Crippen LogP contribution in [0.4, 0.5) is 0 Å². The normalized spacial score (nSPS) is 27.5. The lowest BCUT2D eigenvalue weighted by Crippen LogP contribution is -2.43. The first-order valence-electron chi connectivity index (χ1n) is 5.13. The molecule has 0 spiro atoms. The second-order valence-electron chi connectivity index (χ2n) is 3.63. The summed E-state index contributed by atoms with van der Waals surface area (Å²) in [7, 11) is 2.01. The van der Waals surface area contributed by atoms with E-state index in [0.29, 0.717) is 12.1 Å². The van der Waals surface area contributed by atoms with Crippen molar-refractivity contribution in [2.24, 2.45) is 0 Å². The maximum absolute atomic E-state index is 5.84. The minimum atomic E-state index is 0.305. The summed E-state index contributed by atoms with van der Waals surface area (Å²) in [6.45, 7) is 0. The van der Waals surface area contributed by atoms with E-state index in [9.17, 15) is 0 Å². The van der Waals surface area contributed by atoms with E-state index in [2.05, 4.69) is 10.3 Å². The predicted molar refractivity (Wildman–Crippen MR) is 57.8 cm³/mol. The predicted octanol–water partition coefficient (Wildman–Crippen LogP) is 2.05. The van der Waals surface area contributed by atoms with Crippen LogP contribution in [0.15, 0.2) is 11.6 Å². The molecule has 3 nitrogen and oxygen atoms in total. The number of ether oxygens (including phenoxy) is 1. The summed E-state index contributed by atoms with van der Waals surface area (Å²) in [4.78, 5) is 4.15. The van der Waals surface area contributed by atoms with Crippen LogP contribution in [0.1, 0.15) is 25.7 Å². The van der Waals surface area contributed by atoms with E-state index in [0.717, 1.165) is 11.6 Å². The summed E-state index contributed by atoms with van der Waals surface area (Å²) in [5.41, 5.74) is 0. The molecule has 1 aliphatic carbocycles. The van der Waals surface area contributed by atoms with E-state index in [1.165, 1.54) is 19.3 Å². The molecule has 4 heteroatoms. The first-order chi connectivity index (χ1) is 6.90. The van der Waals surface area contributed by atoms with Gasteiger partial charge in [-0.1, -0.05) is 17.8 Å². The van der Waals surface area contributed by atoms with Crippen LogP contribution >= 0.6 is 11.3 Å². The second-order valence-corrected chi connectivity index (χ2v) is 4.49. The van der Waals surface area contributed by atoms with Crippen molar-refractivity contribution in [3.63, 3.8) is 0 Å². The summed E-state index contributed by atoms with van der Waals surface area (Å²) in [5.74, 6) is 0. The van der Waals surface area contributed by atoms with E-state index >= 15 is 0 Å². The Morgan fingerprint density at radius 1 is 1.50 bits per heavy atom. The smallest absolute Gasteiger partial charge is 0.273 e. The fourth-order valence-corrected chi connectivity index (χ4v) is 2.51. The highest BCUT2D eigenvalue weighted by molar-refractivity contribution is 7.11. The number of nitrogens with one attached hydrogen (secondary N) is 1. The van der Waals surface area contributed by atoms with Crippen molar-refractivity contribution < 1.29 is 4.74 Å². The van der Waals surface area contributed by atoms with E-state index < -0.39 is 0 Å². The van der Waals surface area contributed by atoms with Crippen molar-refractivity contribution in [3.8, 4) is 5.19 Å². The van der Waals surface area contributed by atoms with Gasteiger partial charge in [-0.25, -0.2) is 4.98 Å². The van der Waals surface area contributed by atoms with Gasteiger partial charge in [0.15, 0.2) is 0 Å². The Kier molecular flexibility index (Phi) is 3.37. The SMILES string of the molecule is CNC1CCCCC1Oc1nccs1. The van der Waals surface area contributed by atoms with Gasteiger partial charge in [0.25, 0.3) is 5.19 Å². The van der Waals surface area contributed by atoms with Crippen molar-refractivity contribution in [1.29, 1.82) is 0 Å². The Balaban J connectivity index is 1.94. The molecule has 1 aromatic heterocycles. The van der Waals surface area contributed by atoms with E-state index in [-0.39, 0.29) is 0 Å². The zero-order chi connectivity index (χ0) is 9.80. The molecule has 0 bridgehead atoms. The molecule has 2 unspecified atom stereocenters. The van der Waals surface area contributed by atoms with Crippen LogP contribution in [-0.4, -0.2) is 24.2 Å². The minimum Gasteiger partial charge on any atom is -0.465 e. The standard InChI is InChI=1S/C10H16N2OS/c1-11-8-4-2-3-5-9(8)13-10-12-6-7-14-10/h6-9,11H,2-5H2,1H3. The summed E-state index contributed by atoms with van der Waals surface area (Å²) in [5, 5.41) is 6.07. The second kappa shape index (κ2) is 4.75. The third-order valence-electron chi connectivity index (χ3n) is 2.74. The van der Waals surface area contributed by atoms with Crippen molar-refractivity contribution in [2.45, 2.75) is 37.8 Å². The molecule has 1 aliphatic rings. The number of aromatic nitrogens is 1. The van der Waals surface area contributed by atoms with Gasteiger partial charge in [0.05, 0.1) is 0 Å². The first-order valence-corrected chi connectivity index (χ1v) is 6.01. The molecule has 14 heavy (non-hydrogen) atoms. The zero-order valence-corrected chi connectivity index (χ0v) is 9.22. The summed E-state index contributed by atoms with van der Waals surface area (Å²) < 4.78 is 5.84. The molecular weight excluding hydrogens is 196 g/mol. The van der Waals surface area contributed by atoms with Gasteiger partial charge in [-0.05, 0) is 26.3 Å². The molecule has 0 aliphatic heterocycles. The molecule has 1 fully saturated rings. The lowest BCUT2D eigenvalue weighted by atomic mass is 9.93. The third-order valence-corrected chi connectivity index (χ3v) is 3.40. The average Bonchev–Trinajstić information content (AvgIpc) is 2.71. The number of rotatable bonds is 3. The zero-order valence-electron chi connectivity index (χ0n) is 8.40. The van der Waals surface area contributed by atoms with Gasteiger partial charge < -0.3 is 10.1 Å². The fraction of sp³-hybridized carbons (Fsp3) is 0.700. The van der Waals surface area contributed by atoms with Gasteiger partial charge in [-0.3, -0.25) is 0 Å². The van der Waals surface area contributed by atoms with E-state index in [1.807, 2.05) is 12.4 Å². The average molecular weight is 212 g/mol. The highest BCUT2D eigenvalue weighted by Gasteiger charge is 2.25. The van der Waals surface area contributed by atoms with Crippen molar-refractivity contribution >= 4 is 11.3 Å². The largest absolute Gasteiger partial charge is 0.465 e. The topological polar surface area (TPSA) is 34.1 Å². The number of thiazole rings is 1. The van der Waals surface area contributed by atoms with Gasteiger partial charge in [-0.15, -0.1) is 0 Å². The molecule has 2 rings (SSSR count). The molecule has 1 N–H and O–H groups in total. The van der Waals surface area contributed by atoms with Gasteiger partial charge in [0, 0.05) is 17.6 Å². The quantitative estimate of drug-likeness (QED) is 0.832. The fourth-order valence-electron chi connectivity index (χ4n) is 1.97. The van der Waals surface area contributed by atoms with Gasteiger partial charge in [0.1, 0.15) is 6.10 Å². The van der Waals surface area contributed by atoms with Gasteiger partial charge in [-0.2, -0.15) is 0 Å². The number of likely N-dealkylation sites (N-methyl/N-ethyl adjacent to an activating group) is 1. The summed E-state index contributed by atoms with van der Waals surface area (Å²) in [6, 6.07) is 0.493. The third kappa shape index (κ3) is 2.25. The lowest BCUT2D eigenvalue weighted by molar-refractivity contribution is 0.117. The molecule has 2 atom stereocenters. The maximum atomic E-state index is 5.84. The van der Waals surface area contributed by atoms with Crippen LogP contribution in [0.5, 0.6) is 5.19 Å². The van der Waals surface area contributed by atoms with Crippen LogP contribution in [0, 0.1) is 0 Å². The van der Waals surface area contributed by atoms with Crippen LogP contribution in [-0.2, 0) is 0 Å². The Hall–Kier alpha value is -0.610. The van der Waals surface area contributed by atoms with E-state index in [4.69, 9.17) is 4.74 Å². The van der Waals surface area contributed by atoms with Crippen molar-refractivity contribution in [2.75, 3.05) is 7.05 Å². The molecule has 0 amide bonds. The van der Waals surface area contributed by atoms with Crippen LogP contribution < -0.4 is 10.1 Å². The van der Waals surface area contributed by atoms with E-state index in [1.54, 1.807) is 17.5 Å². The molecular formula is C10H16N2OS. The highest BCUT2D eigenvalue weighted by atomic mass is 32.1. The monoisotopic (exact) mass is 212 g/mol. The Morgan fingerprint density at radius 3 is 3.07 bits per heavy atom. The minimum absolute atomic E-state index is 0.305. The first kappa shape index (κ1) is 9.93. The molecule has 78 valence electrons. The molecule has 1 aromatic rings. The Bertz CT molecular complexity index is 263. The maximum Gasteiger partial charge on any atom is 0.273 e. The highest BCUT2D eigenvalue weighted by Crippen LogP contribution is 2.24. The Labute approximate surface area is 88.5 Å². The van der Waals surface area contributed by atoms with Crippen LogP contribution in [0.25, 0.3) is 0 Å². The molecule has 1 saturated carbocycles. The summed E-state index contributed by atoms with van der Waals surface area (Å²) in [6.07, 6.45) is 7.03. The van der Waals surface area contributed by atoms with Gasteiger partial charge in [0.2, 0.25) is 0 Å². The van der Waals surface area contributed by atoms with Crippen LogP contribution in [0.3, 0.4) is 0 Å². The molecule has 0 radical (unpaired) electrons. The lowest BCUT2D eigenvalue weighted by Gasteiger charge is -2.30. The summed E-state index contributed by atoms with van der Waals surface area (Å²) >= 11 is 1.57. The Morgan fingerprint density at radius 2 is 2.36 bits per heavy atom. The molecule has 0 aromatic carbocycles.